The first-order valence-electron chi connectivity index (χ1n) is 7.07. The number of morpholine rings is 1. The topological polar surface area (TPSA) is 68.0 Å². The minimum absolute atomic E-state index is 0.205. The molecule has 112 valence electrons. The predicted octanol–water partition coefficient (Wildman–Crippen LogP) is 1.12. The van der Waals surface area contributed by atoms with E-state index in [1.165, 1.54) is 0 Å². The molecule has 0 aromatic heterocycles. The van der Waals surface area contributed by atoms with Crippen molar-refractivity contribution in [3.63, 3.8) is 0 Å². The Morgan fingerprint density at radius 1 is 1.35 bits per heavy atom. The monoisotopic (exact) mass is 280 g/mol. The summed E-state index contributed by atoms with van der Waals surface area (Å²) >= 11 is 0. The first-order chi connectivity index (χ1) is 9.54. The van der Waals surface area contributed by atoms with E-state index in [-0.39, 0.29) is 18.8 Å². The maximum absolute atomic E-state index is 10.1. The normalized spacial score (nSPS) is 25.4. The molecule has 20 heavy (non-hydrogen) atoms. The molecule has 0 amide bonds. The average Bonchev–Trinajstić information content (AvgIpc) is 2.36. The molecule has 5 heteroatoms. The van der Waals surface area contributed by atoms with Crippen LogP contribution in [0.3, 0.4) is 0 Å². The number of nitrogens with zero attached hydrogens (tertiary/aromatic N) is 1. The average molecular weight is 280 g/mol. The number of hydrogen-bond acceptors (Lipinski definition) is 5. The highest BCUT2D eigenvalue weighted by Gasteiger charge is 2.23. The second kappa shape index (κ2) is 6.92. The molecular formula is C15H24N2O3. The maximum atomic E-state index is 10.1. The molecule has 0 aliphatic carbocycles. The van der Waals surface area contributed by atoms with Crippen LogP contribution < -0.4 is 10.5 Å². The van der Waals surface area contributed by atoms with Crippen molar-refractivity contribution in [1.82, 2.24) is 4.90 Å². The number of para-hydroxylation sites is 2. The number of nitrogen functional groups attached to an aromatic ring is 1. The number of anilines is 1. The minimum atomic E-state index is -0.535. The first kappa shape index (κ1) is 15.1. The summed E-state index contributed by atoms with van der Waals surface area (Å²) in [5.41, 5.74) is 6.38. The third-order valence-electron chi connectivity index (χ3n) is 3.31. The Bertz CT molecular complexity index is 417. The zero-order valence-electron chi connectivity index (χ0n) is 12.2. The van der Waals surface area contributed by atoms with Crippen molar-refractivity contribution >= 4 is 5.69 Å². The quantitative estimate of drug-likeness (QED) is 0.791. The highest BCUT2D eigenvalue weighted by molar-refractivity contribution is 5.51. The molecule has 3 N–H and O–H groups in total. The Labute approximate surface area is 120 Å². The van der Waals surface area contributed by atoms with Crippen LogP contribution in [0.25, 0.3) is 0 Å². The number of β-amino-alcohol motifs (C(OH)–C–C–N with tert-alkyl or cyclic N) is 1. The van der Waals surface area contributed by atoms with Crippen molar-refractivity contribution in [2.45, 2.75) is 32.2 Å². The summed E-state index contributed by atoms with van der Waals surface area (Å²) in [5, 5.41) is 10.1. The Hall–Kier alpha value is -1.30. The van der Waals surface area contributed by atoms with Crippen LogP contribution in [0.15, 0.2) is 24.3 Å². The highest BCUT2D eigenvalue weighted by Crippen LogP contribution is 2.20. The van der Waals surface area contributed by atoms with Gasteiger partial charge in [-0.3, -0.25) is 4.90 Å². The Morgan fingerprint density at radius 3 is 2.65 bits per heavy atom. The van der Waals surface area contributed by atoms with Gasteiger partial charge in [-0.2, -0.15) is 0 Å². The van der Waals surface area contributed by atoms with E-state index in [0.29, 0.717) is 18.0 Å². The molecule has 0 bridgehead atoms. The molecule has 3 unspecified atom stereocenters. The van der Waals surface area contributed by atoms with E-state index in [2.05, 4.69) is 18.7 Å². The summed E-state index contributed by atoms with van der Waals surface area (Å²) < 4.78 is 11.2. The van der Waals surface area contributed by atoms with Gasteiger partial charge in [0.2, 0.25) is 0 Å². The van der Waals surface area contributed by atoms with Gasteiger partial charge in [0.1, 0.15) is 18.5 Å². The van der Waals surface area contributed by atoms with Crippen molar-refractivity contribution in [1.29, 1.82) is 0 Å². The maximum Gasteiger partial charge on any atom is 0.142 e. The second-order valence-corrected chi connectivity index (χ2v) is 5.48. The van der Waals surface area contributed by atoms with Crippen LogP contribution in [0.5, 0.6) is 5.75 Å². The van der Waals surface area contributed by atoms with Gasteiger partial charge in [-0.05, 0) is 26.0 Å². The number of aliphatic hydroxyl groups is 1. The van der Waals surface area contributed by atoms with Crippen LogP contribution in [0.4, 0.5) is 5.69 Å². The van der Waals surface area contributed by atoms with Gasteiger partial charge in [-0.15, -0.1) is 0 Å². The predicted molar refractivity (Wildman–Crippen MR) is 78.8 cm³/mol. The number of nitrogens with two attached hydrogens (primary N) is 1. The molecule has 0 saturated carbocycles. The summed E-state index contributed by atoms with van der Waals surface area (Å²) in [7, 11) is 0. The lowest BCUT2D eigenvalue weighted by Gasteiger charge is -2.36. The van der Waals surface area contributed by atoms with E-state index < -0.39 is 6.10 Å². The van der Waals surface area contributed by atoms with Crippen LogP contribution in [0, 0.1) is 0 Å². The van der Waals surface area contributed by atoms with E-state index in [1.807, 2.05) is 12.1 Å². The first-order valence-corrected chi connectivity index (χ1v) is 7.07. The third-order valence-corrected chi connectivity index (χ3v) is 3.31. The fourth-order valence-electron chi connectivity index (χ4n) is 2.58. The van der Waals surface area contributed by atoms with Gasteiger partial charge in [0.05, 0.1) is 17.9 Å². The molecule has 0 radical (unpaired) electrons. The zero-order chi connectivity index (χ0) is 14.5. The highest BCUT2D eigenvalue weighted by atomic mass is 16.5. The number of rotatable bonds is 5. The Kier molecular flexibility index (Phi) is 5.23. The van der Waals surface area contributed by atoms with Crippen molar-refractivity contribution in [3.8, 4) is 5.75 Å². The van der Waals surface area contributed by atoms with Crippen LogP contribution in [-0.2, 0) is 4.74 Å². The van der Waals surface area contributed by atoms with Crippen molar-refractivity contribution in [2.24, 2.45) is 0 Å². The van der Waals surface area contributed by atoms with Crippen LogP contribution in [-0.4, -0.2) is 54.6 Å². The molecule has 1 aromatic rings. The molecule has 3 atom stereocenters. The summed E-state index contributed by atoms with van der Waals surface area (Å²) in [6, 6.07) is 7.31. The lowest BCUT2D eigenvalue weighted by molar-refractivity contribution is -0.0786. The van der Waals surface area contributed by atoms with Gasteiger partial charge >= 0.3 is 0 Å². The van der Waals surface area contributed by atoms with E-state index in [9.17, 15) is 5.11 Å². The van der Waals surface area contributed by atoms with Crippen molar-refractivity contribution < 1.29 is 14.6 Å². The van der Waals surface area contributed by atoms with Gasteiger partial charge in [-0.25, -0.2) is 0 Å². The van der Waals surface area contributed by atoms with E-state index in [0.717, 1.165) is 13.1 Å². The summed E-state index contributed by atoms with van der Waals surface area (Å²) in [5.74, 6) is 0.621. The molecule has 1 aliphatic rings. The van der Waals surface area contributed by atoms with Gasteiger partial charge in [0, 0.05) is 19.6 Å². The fraction of sp³-hybridized carbons (Fsp3) is 0.600. The van der Waals surface area contributed by atoms with Crippen LogP contribution >= 0.6 is 0 Å². The standard InChI is InChI=1S/C15H24N2O3/c1-11-7-17(8-12(2)20-11)9-13(18)10-19-15-6-4-3-5-14(15)16/h3-6,11-13,18H,7-10,16H2,1-2H3. The van der Waals surface area contributed by atoms with E-state index in [1.54, 1.807) is 12.1 Å². The van der Waals surface area contributed by atoms with E-state index >= 15 is 0 Å². The molecule has 1 heterocycles. The molecule has 1 saturated heterocycles. The molecule has 5 nitrogen and oxygen atoms in total. The summed E-state index contributed by atoms with van der Waals surface area (Å²) in [4.78, 5) is 2.21. The zero-order valence-corrected chi connectivity index (χ0v) is 12.2. The number of ether oxygens (including phenoxy) is 2. The number of hydrogen-bond donors (Lipinski definition) is 2. The number of benzene rings is 1. The van der Waals surface area contributed by atoms with Crippen molar-refractivity contribution in [2.75, 3.05) is 32.0 Å². The second-order valence-electron chi connectivity index (χ2n) is 5.48. The SMILES string of the molecule is CC1CN(CC(O)COc2ccccc2N)CC(C)O1. The van der Waals surface area contributed by atoms with Crippen LogP contribution in [0.1, 0.15) is 13.8 Å². The van der Waals surface area contributed by atoms with Gasteiger partial charge in [-0.1, -0.05) is 12.1 Å². The number of aliphatic hydroxyl groups excluding tert-OH is 1. The fourth-order valence-corrected chi connectivity index (χ4v) is 2.58. The summed E-state index contributed by atoms with van der Waals surface area (Å²) in [6.07, 6.45) is -0.125. The molecular weight excluding hydrogens is 256 g/mol. The van der Waals surface area contributed by atoms with Gasteiger partial charge < -0.3 is 20.3 Å². The van der Waals surface area contributed by atoms with Crippen LogP contribution in [0.2, 0.25) is 0 Å². The van der Waals surface area contributed by atoms with Gasteiger partial charge in [0.25, 0.3) is 0 Å². The minimum Gasteiger partial charge on any atom is -0.489 e. The lowest BCUT2D eigenvalue weighted by Crippen LogP contribution is -2.48. The molecule has 2 rings (SSSR count). The Morgan fingerprint density at radius 2 is 2.00 bits per heavy atom. The van der Waals surface area contributed by atoms with Crippen molar-refractivity contribution in [3.05, 3.63) is 24.3 Å². The molecule has 1 fully saturated rings. The van der Waals surface area contributed by atoms with Gasteiger partial charge in [0.15, 0.2) is 0 Å². The smallest absolute Gasteiger partial charge is 0.142 e. The Balaban J connectivity index is 1.78. The molecule has 1 aromatic carbocycles. The largest absolute Gasteiger partial charge is 0.489 e. The summed E-state index contributed by atoms with van der Waals surface area (Å²) in [6.45, 7) is 6.62. The van der Waals surface area contributed by atoms with E-state index in [4.69, 9.17) is 15.2 Å². The third kappa shape index (κ3) is 4.37. The lowest BCUT2D eigenvalue weighted by atomic mass is 10.2. The molecule has 0 spiro atoms. The molecule has 1 aliphatic heterocycles.